The highest BCUT2D eigenvalue weighted by Crippen LogP contribution is 2.42. The molecule has 1 aliphatic rings. The summed E-state index contributed by atoms with van der Waals surface area (Å²) in [5.41, 5.74) is -0.171. The number of halogens is 6. The van der Waals surface area contributed by atoms with Crippen LogP contribution in [0.25, 0.3) is 11.1 Å². The monoisotopic (exact) mass is 584 g/mol. The lowest BCUT2D eigenvalue weighted by atomic mass is 10.1. The molecule has 1 atom stereocenters. The van der Waals surface area contributed by atoms with Crippen molar-refractivity contribution in [2.45, 2.75) is 22.9 Å². The van der Waals surface area contributed by atoms with Gasteiger partial charge in [0.25, 0.3) is 10.0 Å². The lowest BCUT2D eigenvalue weighted by Crippen LogP contribution is -2.23. The van der Waals surface area contributed by atoms with Crippen molar-refractivity contribution in [2.75, 3.05) is 24.9 Å². The Kier molecular flexibility index (Phi) is 7.53. The van der Waals surface area contributed by atoms with Crippen molar-refractivity contribution in [1.82, 2.24) is 4.90 Å². The maximum Gasteiger partial charge on any atom is 0.419 e. The Bertz CT molecular complexity index is 1360. The molecule has 1 saturated heterocycles. The molecule has 0 bridgehead atoms. The summed E-state index contributed by atoms with van der Waals surface area (Å²) in [5, 5.41) is 0.695. The van der Waals surface area contributed by atoms with Gasteiger partial charge < -0.3 is 9.64 Å². The number of hydrogen-bond acceptors (Lipinski definition) is 5. The number of sulfonamides is 1. The number of alkyl halides is 3. The fourth-order valence-corrected chi connectivity index (χ4v) is 6.97. The van der Waals surface area contributed by atoms with Gasteiger partial charge in [-0.1, -0.05) is 40.9 Å². The summed E-state index contributed by atoms with van der Waals surface area (Å²) >= 11 is 19.2. The minimum atomic E-state index is -4.66. The van der Waals surface area contributed by atoms with E-state index in [0.29, 0.717) is 35.7 Å². The summed E-state index contributed by atoms with van der Waals surface area (Å²) in [5.74, 6) is -0.434. The minimum absolute atomic E-state index is 0.0741. The quantitative estimate of drug-likeness (QED) is 0.330. The van der Waals surface area contributed by atoms with Crippen molar-refractivity contribution < 1.29 is 26.3 Å². The van der Waals surface area contributed by atoms with Crippen molar-refractivity contribution in [2.24, 2.45) is 0 Å². The van der Waals surface area contributed by atoms with Gasteiger partial charge in [0.1, 0.15) is 20.4 Å². The van der Waals surface area contributed by atoms with E-state index >= 15 is 0 Å². The van der Waals surface area contributed by atoms with E-state index in [4.69, 9.17) is 39.5 Å². The molecule has 1 aromatic heterocycles. The zero-order valence-corrected chi connectivity index (χ0v) is 21.9. The maximum atomic E-state index is 13.5. The molecule has 13 heteroatoms. The summed E-state index contributed by atoms with van der Waals surface area (Å²) in [7, 11) is -2.33. The molecule has 5 nitrogen and oxygen atoms in total. The van der Waals surface area contributed by atoms with E-state index in [9.17, 15) is 21.6 Å². The van der Waals surface area contributed by atoms with Gasteiger partial charge in [-0.2, -0.15) is 13.2 Å². The zero-order valence-electron chi connectivity index (χ0n) is 18.0. The number of rotatable bonds is 6. The van der Waals surface area contributed by atoms with E-state index < -0.39 is 33.6 Å². The van der Waals surface area contributed by atoms with Crippen molar-refractivity contribution in [3.8, 4) is 16.9 Å². The molecule has 0 radical (unpaired) electrons. The first-order valence-electron chi connectivity index (χ1n) is 10.2. The minimum Gasteiger partial charge on any atom is -0.488 e. The summed E-state index contributed by atoms with van der Waals surface area (Å²) in [6.45, 7) is 1.16. The van der Waals surface area contributed by atoms with Crippen LogP contribution in [0.5, 0.6) is 5.75 Å². The van der Waals surface area contributed by atoms with Gasteiger partial charge in [-0.25, -0.2) is 8.42 Å². The van der Waals surface area contributed by atoms with Crippen molar-refractivity contribution in [3.05, 3.63) is 62.4 Å². The first-order chi connectivity index (χ1) is 16.3. The Morgan fingerprint density at radius 1 is 1.09 bits per heavy atom. The predicted molar refractivity (Wildman–Crippen MR) is 134 cm³/mol. The number of nitrogens with zero attached hydrogens (tertiary/aromatic N) is 1. The predicted octanol–water partition coefficient (Wildman–Crippen LogP) is 7.28. The molecule has 2 heterocycles. The Labute approximate surface area is 219 Å². The van der Waals surface area contributed by atoms with E-state index in [1.807, 2.05) is 11.9 Å². The van der Waals surface area contributed by atoms with E-state index in [0.717, 1.165) is 29.5 Å². The van der Waals surface area contributed by atoms with Gasteiger partial charge in [-0.3, -0.25) is 4.72 Å². The second kappa shape index (κ2) is 9.99. The number of benzene rings is 2. The van der Waals surface area contributed by atoms with Gasteiger partial charge in [-0.05, 0) is 43.8 Å². The maximum absolute atomic E-state index is 13.5. The van der Waals surface area contributed by atoms with Crippen LogP contribution in [0.3, 0.4) is 0 Å². The molecule has 188 valence electrons. The van der Waals surface area contributed by atoms with Crippen LogP contribution in [0.4, 0.5) is 18.9 Å². The molecule has 0 saturated carbocycles. The van der Waals surface area contributed by atoms with E-state index in [1.54, 1.807) is 12.1 Å². The Morgan fingerprint density at radius 3 is 2.46 bits per heavy atom. The van der Waals surface area contributed by atoms with Crippen LogP contribution in [-0.4, -0.2) is 39.6 Å². The first kappa shape index (κ1) is 26.4. The standard InChI is InChI=1S/C22H18Cl3F3N2O3S2/c1-30-7-6-14(11-30)33-19-9-13(3-5-17(19)22(26,27)28)29-35(31,32)20-10-16(21(25)34-20)15-4-2-12(23)8-18(15)24/h2-5,8-10,14,29H,6-7,11H2,1H3. The van der Waals surface area contributed by atoms with Crippen LogP contribution < -0.4 is 9.46 Å². The Morgan fingerprint density at radius 2 is 1.83 bits per heavy atom. The first-order valence-corrected chi connectivity index (χ1v) is 13.6. The molecule has 0 aliphatic carbocycles. The van der Waals surface area contributed by atoms with Crippen LogP contribution in [0, 0.1) is 0 Å². The van der Waals surface area contributed by atoms with Gasteiger partial charge >= 0.3 is 6.18 Å². The average molecular weight is 586 g/mol. The zero-order chi connectivity index (χ0) is 25.5. The highest BCUT2D eigenvalue weighted by Gasteiger charge is 2.36. The number of likely N-dealkylation sites (N-methyl/N-ethyl adjacent to an activating group) is 1. The van der Waals surface area contributed by atoms with Crippen LogP contribution >= 0.6 is 46.1 Å². The van der Waals surface area contributed by atoms with Gasteiger partial charge in [0, 0.05) is 40.3 Å². The van der Waals surface area contributed by atoms with E-state index in [-0.39, 0.29) is 19.3 Å². The Hall–Kier alpha value is -1.69. The molecule has 1 fully saturated rings. The summed E-state index contributed by atoms with van der Waals surface area (Å²) in [6.07, 6.45) is -4.53. The van der Waals surface area contributed by atoms with Crippen LogP contribution in [0.2, 0.25) is 14.4 Å². The lowest BCUT2D eigenvalue weighted by molar-refractivity contribution is -0.139. The molecule has 1 N–H and O–H groups in total. The summed E-state index contributed by atoms with van der Waals surface area (Å²) in [4.78, 5) is 1.94. The van der Waals surface area contributed by atoms with Gasteiger partial charge in [-0.15, -0.1) is 11.3 Å². The van der Waals surface area contributed by atoms with E-state index in [2.05, 4.69) is 4.72 Å². The SMILES string of the molecule is CN1CCC(Oc2cc(NS(=O)(=O)c3cc(-c4ccc(Cl)cc4Cl)c(Cl)s3)ccc2C(F)(F)F)C1. The van der Waals surface area contributed by atoms with Crippen LogP contribution in [-0.2, 0) is 16.2 Å². The van der Waals surface area contributed by atoms with Gasteiger partial charge in [0.05, 0.1) is 11.3 Å². The van der Waals surface area contributed by atoms with Crippen molar-refractivity contribution in [3.63, 3.8) is 0 Å². The number of hydrogen-bond donors (Lipinski definition) is 1. The number of thiophene rings is 1. The number of likely N-dealkylation sites (tertiary alicyclic amines) is 1. The number of nitrogens with one attached hydrogen (secondary N) is 1. The second-order valence-corrected chi connectivity index (χ2v) is 12.4. The highest BCUT2D eigenvalue weighted by atomic mass is 35.5. The third-order valence-corrected chi connectivity index (χ3v) is 9.09. The average Bonchev–Trinajstić information content (AvgIpc) is 3.33. The number of ether oxygens (including phenoxy) is 1. The van der Waals surface area contributed by atoms with Gasteiger partial charge in [0.15, 0.2) is 0 Å². The van der Waals surface area contributed by atoms with Gasteiger partial charge in [0.2, 0.25) is 0 Å². The second-order valence-electron chi connectivity index (χ2n) is 7.98. The molecule has 2 aromatic carbocycles. The molecular weight excluding hydrogens is 568 g/mol. The molecule has 0 amide bonds. The normalized spacial score (nSPS) is 17.1. The molecule has 1 aliphatic heterocycles. The molecule has 35 heavy (non-hydrogen) atoms. The Balaban J connectivity index is 1.63. The van der Waals surface area contributed by atoms with Crippen LogP contribution in [0.1, 0.15) is 12.0 Å². The third kappa shape index (κ3) is 6.00. The molecule has 0 spiro atoms. The van der Waals surface area contributed by atoms with Crippen LogP contribution in [0.15, 0.2) is 46.7 Å². The van der Waals surface area contributed by atoms with Crippen molar-refractivity contribution >= 4 is 61.9 Å². The molecule has 3 aromatic rings. The summed E-state index contributed by atoms with van der Waals surface area (Å²) in [6, 6.07) is 8.94. The smallest absolute Gasteiger partial charge is 0.419 e. The van der Waals surface area contributed by atoms with E-state index in [1.165, 1.54) is 12.1 Å². The molecular formula is C22H18Cl3F3N2O3S2. The van der Waals surface area contributed by atoms with Crippen molar-refractivity contribution in [1.29, 1.82) is 0 Å². The summed E-state index contributed by atoms with van der Waals surface area (Å²) < 4.78 is 74.7. The largest absolute Gasteiger partial charge is 0.488 e. The molecule has 1 unspecified atom stereocenters. The number of anilines is 1. The fraction of sp³-hybridized carbons (Fsp3) is 0.273. The molecule has 4 rings (SSSR count). The lowest BCUT2D eigenvalue weighted by Gasteiger charge is -2.19. The highest BCUT2D eigenvalue weighted by molar-refractivity contribution is 7.94. The fourth-order valence-electron chi connectivity index (χ4n) is 3.66. The third-order valence-electron chi connectivity index (χ3n) is 5.33. The topological polar surface area (TPSA) is 58.6 Å².